The second-order valence-electron chi connectivity index (χ2n) is 6.60. The van der Waals surface area contributed by atoms with Crippen LogP contribution in [0.2, 0.25) is 0 Å². The number of carbonyl (C=O) groups is 2. The molecule has 158 valence electrons. The smallest absolute Gasteiger partial charge is 0.410 e. The summed E-state index contributed by atoms with van der Waals surface area (Å²) in [5.41, 5.74) is 3.02. The van der Waals surface area contributed by atoms with E-state index >= 15 is 0 Å². The van der Waals surface area contributed by atoms with E-state index in [1.54, 1.807) is 7.05 Å². The van der Waals surface area contributed by atoms with Gasteiger partial charge in [-0.05, 0) is 48.2 Å². The molecule has 3 amide bonds. The minimum atomic E-state index is -0.435. The Morgan fingerprint density at radius 1 is 1.07 bits per heavy atom. The quantitative estimate of drug-likeness (QED) is 0.542. The molecule has 0 saturated carbocycles. The van der Waals surface area contributed by atoms with Gasteiger partial charge in [-0.1, -0.05) is 42.6 Å². The van der Waals surface area contributed by atoms with Gasteiger partial charge in [0.05, 0.1) is 6.20 Å². The maximum absolute atomic E-state index is 11.4. The molecule has 0 aliphatic carbocycles. The number of amides is 3. The van der Waals surface area contributed by atoms with Gasteiger partial charge in [-0.15, -0.1) is 5.10 Å². The lowest BCUT2D eigenvalue weighted by atomic mass is 10.0. The van der Waals surface area contributed by atoms with Crippen LogP contribution >= 0.6 is 11.5 Å². The SMILES string of the molecule is CNC(=O)Oc1cc(C)cc(C(C)C)c1.O=C(Nc1ccccc1)Nc1cnns1. The predicted molar refractivity (Wildman–Crippen MR) is 119 cm³/mol. The van der Waals surface area contributed by atoms with E-state index < -0.39 is 6.09 Å². The van der Waals surface area contributed by atoms with Crippen molar-refractivity contribution < 1.29 is 14.3 Å². The standard InChI is InChI=1S/C12H17NO2.C9H8N4OS/c1-8(2)10-5-9(3)6-11(7-10)15-12(14)13-4;14-9(12-8-6-10-13-15-8)11-7-4-2-1-3-5-7/h5-8H,1-4H3,(H,13,14);1-6H,(H2,11,12,14). The molecule has 0 radical (unpaired) electrons. The highest BCUT2D eigenvalue weighted by Crippen LogP contribution is 2.22. The average Bonchev–Trinajstić information content (AvgIpc) is 3.21. The van der Waals surface area contributed by atoms with Crippen molar-refractivity contribution in [3.8, 4) is 5.75 Å². The van der Waals surface area contributed by atoms with Gasteiger partial charge in [-0.2, -0.15) is 0 Å². The lowest BCUT2D eigenvalue weighted by Crippen LogP contribution is -2.22. The summed E-state index contributed by atoms with van der Waals surface area (Å²) >= 11 is 1.13. The normalized spacial score (nSPS) is 9.90. The van der Waals surface area contributed by atoms with Crippen molar-refractivity contribution >= 4 is 34.3 Å². The molecule has 3 N–H and O–H groups in total. The zero-order valence-electron chi connectivity index (χ0n) is 17.3. The summed E-state index contributed by atoms with van der Waals surface area (Å²) in [5.74, 6) is 1.02. The highest BCUT2D eigenvalue weighted by Gasteiger charge is 2.06. The molecule has 0 atom stereocenters. The highest BCUT2D eigenvalue weighted by atomic mass is 32.1. The third kappa shape index (κ3) is 7.88. The van der Waals surface area contributed by atoms with Gasteiger partial charge in [0.1, 0.15) is 10.8 Å². The van der Waals surface area contributed by atoms with Crippen LogP contribution in [0.25, 0.3) is 0 Å². The summed E-state index contributed by atoms with van der Waals surface area (Å²) in [7, 11) is 1.54. The number of anilines is 2. The summed E-state index contributed by atoms with van der Waals surface area (Å²) < 4.78 is 8.72. The molecule has 3 rings (SSSR count). The summed E-state index contributed by atoms with van der Waals surface area (Å²) in [5, 5.41) is 11.9. The molecule has 0 aliphatic heterocycles. The fraction of sp³-hybridized carbons (Fsp3) is 0.238. The van der Waals surface area contributed by atoms with E-state index in [-0.39, 0.29) is 6.03 Å². The van der Waals surface area contributed by atoms with Crippen molar-refractivity contribution in [2.24, 2.45) is 0 Å². The van der Waals surface area contributed by atoms with E-state index in [0.717, 1.165) is 22.8 Å². The first-order chi connectivity index (χ1) is 14.4. The molecule has 30 heavy (non-hydrogen) atoms. The van der Waals surface area contributed by atoms with Crippen LogP contribution in [0.1, 0.15) is 30.9 Å². The maximum atomic E-state index is 11.4. The second-order valence-corrected chi connectivity index (χ2v) is 7.39. The van der Waals surface area contributed by atoms with E-state index in [2.05, 4.69) is 45.5 Å². The number of rotatable bonds is 4. The Morgan fingerprint density at radius 2 is 1.80 bits per heavy atom. The van der Waals surface area contributed by atoms with Crippen molar-refractivity contribution in [3.63, 3.8) is 0 Å². The Hall–Kier alpha value is -3.46. The van der Waals surface area contributed by atoms with Crippen LogP contribution in [-0.2, 0) is 0 Å². The Morgan fingerprint density at radius 3 is 2.40 bits per heavy atom. The third-order valence-corrected chi connectivity index (χ3v) is 4.36. The number of hydrogen-bond acceptors (Lipinski definition) is 6. The summed E-state index contributed by atoms with van der Waals surface area (Å²) in [4.78, 5) is 22.4. The van der Waals surface area contributed by atoms with Crippen LogP contribution in [0.4, 0.5) is 20.3 Å². The van der Waals surface area contributed by atoms with E-state index in [1.165, 1.54) is 11.8 Å². The van der Waals surface area contributed by atoms with Crippen LogP contribution in [-0.4, -0.2) is 28.8 Å². The van der Waals surface area contributed by atoms with Gasteiger partial charge in [0, 0.05) is 24.3 Å². The lowest BCUT2D eigenvalue weighted by molar-refractivity contribution is 0.203. The number of ether oxygens (including phenoxy) is 1. The third-order valence-electron chi connectivity index (χ3n) is 3.78. The molecule has 0 spiro atoms. The maximum Gasteiger partial charge on any atom is 0.412 e. The topological polar surface area (TPSA) is 105 Å². The fourth-order valence-corrected chi connectivity index (χ4v) is 2.76. The van der Waals surface area contributed by atoms with Gasteiger partial charge < -0.3 is 15.4 Å². The van der Waals surface area contributed by atoms with Crippen molar-refractivity contribution in [2.45, 2.75) is 26.7 Å². The van der Waals surface area contributed by atoms with Crippen LogP contribution in [0.15, 0.2) is 54.7 Å². The Balaban J connectivity index is 0.000000214. The van der Waals surface area contributed by atoms with E-state index in [4.69, 9.17) is 4.74 Å². The number of urea groups is 1. The molecule has 0 aliphatic rings. The number of benzene rings is 2. The lowest BCUT2D eigenvalue weighted by Gasteiger charge is -2.10. The van der Waals surface area contributed by atoms with E-state index in [0.29, 0.717) is 16.7 Å². The first kappa shape index (κ1) is 22.8. The molecule has 1 heterocycles. The Labute approximate surface area is 179 Å². The minimum absolute atomic E-state index is 0.299. The summed E-state index contributed by atoms with van der Waals surface area (Å²) in [6.07, 6.45) is 1.06. The van der Waals surface area contributed by atoms with E-state index in [9.17, 15) is 9.59 Å². The average molecular weight is 428 g/mol. The monoisotopic (exact) mass is 427 g/mol. The van der Waals surface area contributed by atoms with Crippen LogP contribution in [0.5, 0.6) is 5.75 Å². The number of para-hydroxylation sites is 1. The molecule has 3 aromatic rings. The Bertz CT molecular complexity index is 947. The van der Waals surface area contributed by atoms with Gasteiger partial charge in [-0.3, -0.25) is 5.32 Å². The molecule has 8 nitrogen and oxygen atoms in total. The molecule has 2 aromatic carbocycles. The summed E-state index contributed by atoms with van der Waals surface area (Å²) in [6, 6.07) is 14.8. The van der Waals surface area contributed by atoms with Gasteiger partial charge >= 0.3 is 12.1 Å². The molecule has 0 unspecified atom stereocenters. The van der Waals surface area contributed by atoms with Gasteiger partial charge in [0.2, 0.25) is 0 Å². The van der Waals surface area contributed by atoms with Crippen LogP contribution in [0.3, 0.4) is 0 Å². The molecule has 1 aromatic heterocycles. The zero-order chi connectivity index (χ0) is 21.9. The molecule has 9 heteroatoms. The van der Waals surface area contributed by atoms with E-state index in [1.807, 2.05) is 49.4 Å². The van der Waals surface area contributed by atoms with Gasteiger partial charge in [0.15, 0.2) is 0 Å². The number of nitrogens with one attached hydrogen (secondary N) is 3. The molecular weight excluding hydrogens is 402 g/mol. The number of nitrogens with zero attached hydrogens (tertiary/aromatic N) is 2. The Kier molecular flexibility index (Phi) is 8.76. The van der Waals surface area contributed by atoms with Crippen LogP contribution < -0.4 is 20.7 Å². The van der Waals surface area contributed by atoms with Crippen molar-refractivity contribution in [2.75, 3.05) is 17.7 Å². The second kappa shape index (κ2) is 11.5. The minimum Gasteiger partial charge on any atom is -0.410 e. The number of aromatic nitrogens is 2. The fourth-order valence-electron chi connectivity index (χ4n) is 2.34. The molecular formula is C21H25N5O3S. The molecule has 0 fully saturated rings. The van der Waals surface area contributed by atoms with Crippen molar-refractivity contribution in [3.05, 3.63) is 65.9 Å². The zero-order valence-corrected chi connectivity index (χ0v) is 18.1. The number of carbonyl (C=O) groups excluding carboxylic acids is 2. The summed E-state index contributed by atoms with van der Waals surface area (Å²) in [6.45, 7) is 6.21. The predicted octanol–water partition coefficient (Wildman–Crippen LogP) is 5.02. The molecule has 0 saturated heterocycles. The number of hydrogen-bond donors (Lipinski definition) is 3. The van der Waals surface area contributed by atoms with Crippen molar-refractivity contribution in [1.29, 1.82) is 0 Å². The van der Waals surface area contributed by atoms with Gasteiger partial charge in [-0.25, -0.2) is 9.59 Å². The first-order valence-corrected chi connectivity index (χ1v) is 10.1. The highest BCUT2D eigenvalue weighted by molar-refractivity contribution is 7.10. The number of aryl methyl sites for hydroxylation is 1. The van der Waals surface area contributed by atoms with Crippen LogP contribution in [0, 0.1) is 6.92 Å². The molecule has 0 bridgehead atoms. The van der Waals surface area contributed by atoms with Gasteiger partial charge in [0.25, 0.3) is 0 Å². The first-order valence-electron chi connectivity index (χ1n) is 9.29. The van der Waals surface area contributed by atoms with Crippen molar-refractivity contribution in [1.82, 2.24) is 14.9 Å². The largest absolute Gasteiger partial charge is 0.412 e.